The van der Waals surface area contributed by atoms with Gasteiger partial charge in [0.15, 0.2) is 5.70 Å². The molecule has 0 spiro atoms. The molecule has 3 aromatic carbocycles. The minimum atomic E-state index is -0.563. The summed E-state index contributed by atoms with van der Waals surface area (Å²) in [5.74, 6) is -0.157. The van der Waals surface area contributed by atoms with Crippen molar-refractivity contribution in [3.05, 3.63) is 106 Å². The van der Waals surface area contributed by atoms with Crippen molar-refractivity contribution in [2.75, 3.05) is 0 Å². The smallest absolute Gasteiger partial charge is 0.363 e. The Hall–Kier alpha value is -3.44. The van der Waals surface area contributed by atoms with Crippen molar-refractivity contribution in [3.8, 4) is 5.75 Å². The number of carbonyl (C=O) groups is 1. The fourth-order valence-corrected chi connectivity index (χ4v) is 2.94. The van der Waals surface area contributed by atoms with Crippen LogP contribution in [-0.4, -0.2) is 11.9 Å². The van der Waals surface area contributed by atoms with Crippen LogP contribution in [0.4, 0.5) is 4.39 Å². The van der Waals surface area contributed by atoms with Crippen LogP contribution in [0.3, 0.4) is 0 Å². The number of halogens is 2. The van der Waals surface area contributed by atoms with Crippen molar-refractivity contribution < 1.29 is 18.7 Å². The zero-order chi connectivity index (χ0) is 20.2. The fraction of sp³-hybridized carbons (Fsp3) is 0.0435. The molecule has 0 radical (unpaired) electrons. The van der Waals surface area contributed by atoms with E-state index >= 15 is 0 Å². The summed E-state index contributed by atoms with van der Waals surface area (Å²) in [6.45, 7) is 0.328. The Morgan fingerprint density at radius 2 is 1.83 bits per heavy atom. The first kappa shape index (κ1) is 18.9. The summed E-state index contributed by atoms with van der Waals surface area (Å²) in [4.78, 5) is 16.4. The monoisotopic (exact) mass is 407 g/mol. The molecule has 0 saturated heterocycles. The summed E-state index contributed by atoms with van der Waals surface area (Å²) in [6, 6.07) is 20.3. The number of hydrogen-bond acceptors (Lipinski definition) is 4. The van der Waals surface area contributed by atoms with Crippen LogP contribution in [0.2, 0.25) is 5.02 Å². The molecule has 1 heterocycles. The molecule has 29 heavy (non-hydrogen) atoms. The van der Waals surface area contributed by atoms with E-state index in [1.54, 1.807) is 12.1 Å². The topological polar surface area (TPSA) is 47.9 Å². The lowest BCUT2D eigenvalue weighted by Gasteiger charge is -2.08. The Morgan fingerprint density at radius 1 is 1.03 bits per heavy atom. The van der Waals surface area contributed by atoms with Crippen molar-refractivity contribution in [1.82, 2.24) is 0 Å². The summed E-state index contributed by atoms with van der Waals surface area (Å²) < 4.78 is 24.1. The fourth-order valence-electron chi connectivity index (χ4n) is 2.75. The predicted octanol–water partition coefficient (Wildman–Crippen LogP) is 5.40. The number of carbonyl (C=O) groups excluding carboxylic acids is 1. The van der Waals surface area contributed by atoms with Gasteiger partial charge in [0.1, 0.15) is 18.2 Å². The third kappa shape index (κ3) is 4.52. The van der Waals surface area contributed by atoms with Gasteiger partial charge in [-0.05, 0) is 54.1 Å². The van der Waals surface area contributed by atoms with Crippen LogP contribution in [0.1, 0.15) is 16.7 Å². The lowest BCUT2D eigenvalue weighted by atomic mass is 10.2. The Balaban J connectivity index is 1.52. The van der Waals surface area contributed by atoms with E-state index < -0.39 is 5.97 Å². The number of ether oxygens (including phenoxy) is 2. The molecule has 0 fully saturated rings. The summed E-state index contributed by atoms with van der Waals surface area (Å²) >= 11 is 6.15. The highest BCUT2D eigenvalue weighted by Crippen LogP contribution is 2.23. The van der Waals surface area contributed by atoms with Gasteiger partial charge in [-0.1, -0.05) is 41.9 Å². The van der Waals surface area contributed by atoms with E-state index in [0.717, 1.165) is 11.1 Å². The second-order valence-electron chi connectivity index (χ2n) is 6.30. The number of esters is 1. The Labute approximate surface area is 171 Å². The Kier molecular flexibility index (Phi) is 5.40. The normalized spacial score (nSPS) is 14.6. The molecular weight excluding hydrogens is 393 g/mol. The van der Waals surface area contributed by atoms with Crippen molar-refractivity contribution in [2.24, 2.45) is 4.99 Å². The van der Waals surface area contributed by atoms with Gasteiger partial charge >= 0.3 is 5.97 Å². The van der Waals surface area contributed by atoms with E-state index in [1.807, 2.05) is 42.5 Å². The Morgan fingerprint density at radius 3 is 2.62 bits per heavy atom. The van der Waals surface area contributed by atoms with Crippen molar-refractivity contribution in [2.45, 2.75) is 6.61 Å². The lowest BCUT2D eigenvalue weighted by molar-refractivity contribution is -0.129. The molecule has 0 bridgehead atoms. The number of benzene rings is 3. The molecular formula is C23H15ClFNO3. The SMILES string of the molecule is O=C1OC(c2ccc(F)cc2)=N/C1=C/c1cccc(OCc2ccccc2Cl)c1. The van der Waals surface area contributed by atoms with Gasteiger partial charge < -0.3 is 9.47 Å². The molecule has 4 rings (SSSR count). The molecule has 0 aromatic heterocycles. The number of rotatable bonds is 5. The lowest BCUT2D eigenvalue weighted by Crippen LogP contribution is -2.05. The van der Waals surface area contributed by atoms with Gasteiger partial charge in [0.25, 0.3) is 0 Å². The molecule has 3 aromatic rings. The molecule has 0 amide bonds. The molecule has 0 atom stereocenters. The molecule has 1 aliphatic heterocycles. The summed E-state index contributed by atoms with van der Waals surface area (Å²) in [7, 11) is 0. The minimum absolute atomic E-state index is 0.146. The van der Waals surface area contributed by atoms with Crippen LogP contribution in [0.15, 0.2) is 83.5 Å². The van der Waals surface area contributed by atoms with E-state index in [4.69, 9.17) is 21.1 Å². The first-order chi connectivity index (χ1) is 14.1. The van der Waals surface area contributed by atoms with Crippen molar-refractivity contribution in [3.63, 3.8) is 0 Å². The molecule has 0 saturated carbocycles. The first-order valence-corrected chi connectivity index (χ1v) is 9.21. The molecule has 1 aliphatic rings. The average Bonchev–Trinajstić information content (AvgIpc) is 3.08. The highest BCUT2D eigenvalue weighted by molar-refractivity contribution is 6.31. The molecule has 4 nitrogen and oxygen atoms in total. The molecule has 0 unspecified atom stereocenters. The molecule has 0 aliphatic carbocycles. The van der Waals surface area contributed by atoms with Crippen LogP contribution < -0.4 is 4.74 Å². The highest BCUT2D eigenvalue weighted by Gasteiger charge is 2.24. The average molecular weight is 408 g/mol. The summed E-state index contributed by atoms with van der Waals surface area (Å²) in [5, 5.41) is 0.641. The predicted molar refractivity (Wildman–Crippen MR) is 109 cm³/mol. The first-order valence-electron chi connectivity index (χ1n) is 8.83. The van der Waals surface area contributed by atoms with Crippen LogP contribution >= 0.6 is 11.6 Å². The van der Waals surface area contributed by atoms with E-state index in [2.05, 4.69) is 4.99 Å². The van der Waals surface area contributed by atoms with Crippen LogP contribution in [0.5, 0.6) is 5.75 Å². The number of aliphatic imine (C=N–C) groups is 1. The molecule has 6 heteroatoms. The zero-order valence-electron chi connectivity index (χ0n) is 15.1. The highest BCUT2D eigenvalue weighted by atomic mass is 35.5. The maximum Gasteiger partial charge on any atom is 0.363 e. The second kappa shape index (κ2) is 8.29. The maximum atomic E-state index is 13.1. The van der Waals surface area contributed by atoms with E-state index in [9.17, 15) is 9.18 Å². The summed E-state index contributed by atoms with van der Waals surface area (Å²) in [5.41, 5.74) is 2.30. The van der Waals surface area contributed by atoms with Gasteiger partial charge in [-0.2, -0.15) is 0 Å². The maximum absolute atomic E-state index is 13.1. The largest absolute Gasteiger partial charge is 0.489 e. The van der Waals surface area contributed by atoms with E-state index in [0.29, 0.717) is 22.9 Å². The van der Waals surface area contributed by atoms with Gasteiger partial charge in [0.2, 0.25) is 5.90 Å². The van der Waals surface area contributed by atoms with Crippen molar-refractivity contribution >= 4 is 29.5 Å². The van der Waals surface area contributed by atoms with Gasteiger partial charge in [-0.15, -0.1) is 0 Å². The minimum Gasteiger partial charge on any atom is -0.489 e. The van der Waals surface area contributed by atoms with Crippen LogP contribution in [0, 0.1) is 5.82 Å². The van der Waals surface area contributed by atoms with E-state index in [1.165, 1.54) is 24.3 Å². The van der Waals surface area contributed by atoms with Gasteiger partial charge in [0.05, 0.1) is 0 Å². The number of nitrogens with zero attached hydrogens (tertiary/aromatic N) is 1. The van der Waals surface area contributed by atoms with Crippen LogP contribution in [0.25, 0.3) is 6.08 Å². The van der Waals surface area contributed by atoms with Gasteiger partial charge in [0, 0.05) is 16.1 Å². The van der Waals surface area contributed by atoms with Gasteiger partial charge in [-0.3, -0.25) is 0 Å². The third-order valence-corrected chi connectivity index (χ3v) is 4.59. The van der Waals surface area contributed by atoms with Crippen LogP contribution in [-0.2, 0) is 16.1 Å². The quantitative estimate of drug-likeness (QED) is 0.420. The third-order valence-electron chi connectivity index (χ3n) is 4.23. The second-order valence-corrected chi connectivity index (χ2v) is 6.70. The zero-order valence-corrected chi connectivity index (χ0v) is 15.9. The molecule has 0 N–H and O–H groups in total. The number of hydrogen-bond donors (Lipinski definition) is 0. The van der Waals surface area contributed by atoms with Crippen molar-refractivity contribution in [1.29, 1.82) is 0 Å². The van der Waals surface area contributed by atoms with E-state index in [-0.39, 0.29) is 17.4 Å². The number of cyclic esters (lactones) is 1. The molecule has 144 valence electrons. The summed E-state index contributed by atoms with van der Waals surface area (Å²) in [6.07, 6.45) is 1.61. The standard InChI is InChI=1S/C23H15ClFNO3/c24-20-7-2-1-5-17(20)14-28-19-6-3-4-15(12-19)13-21-23(27)29-22(26-21)16-8-10-18(25)11-9-16/h1-13H,14H2/b21-13+. The van der Waals surface area contributed by atoms with Gasteiger partial charge in [-0.25, -0.2) is 14.2 Å². The Bertz CT molecular complexity index is 1120.